The molecule has 3 N–H and O–H groups in total. The topological polar surface area (TPSA) is 120 Å². The normalized spacial score (nSPS) is 18.5. The van der Waals surface area contributed by atoms with E-state index in [-0.39, 0.29) is 23.7 Å². The van der Waals surface area contributed by atoms with Crippen LogP contribution in [0.15, 0.2) is 78.9 Å². The van der Waals surface area contributed by atoms with Gasteiger partial charge in [-0.05, 0) is 71.5 Å². The number of benzene rings is 3. The van der Waals surface area contributed by atoms with Gasteiger partial charge >= 0.3 is 11.9 Å². The maximum absolute atomic E-state index is 13.5. The smallest absolute Gasteiger partial charge is 0.328 e. The number of fused-ring (bicyclic) bond motifs is 1. The van der Waals surface area contributed by atoms with Gasteiger partial charge in [-0.3, -0.25) is 4.90 Å². The first-order chi connectivity index (χ1) is 22.1. The predicted molar refractivity (Wildman–Crippen MR) is 168 cm³/mol. The van der Waals surface area contributed by atoms with Crippen LogP contribution in [0.4, 0.5) is 8.78 Å². The molecule has 1 heterocycles. The first-order valence-electron chi connectivity index (χ1n) is 15.2. The third-order valence-electron chi connectivity index (χ3n) is 8.26. The van der Waals surface area contributed by atoms with E-state index in [4.69, 9.17) is 19.7 Å². The molecule has 2 unspecified atom stereocenters. The van der Waals surface area contributed by atoms with Gasteiger partial charge in [-0.15, -0.1) is 0 Å². The van der Waals surface area contributed by atoms with E-state index in [0.29, 0.717) is 18.8 Å². The molecule has 46 heavy (non-hydrogen) atoms. The average Bonchev–Trinajstić information content (AvgIpc) is 3.05. The molecule has 3 aromatic rings. The summed E-state index contributed by atoms with van der Waals surface area (Å²) in [6, 6.07) is 18.6. The molecule has 0 saturated carbocycles. The molecule has 2 aliphatic rings. The molecule has 9 nitrogen and oxygen atoms in total. The van der Waals surface area contributed by atoms with E-state index in [9.17, 15) is 23.5 Å². The van der Waals surface area contributed by atoms with Crippen LogP contribution in [-0.4, -0.2) is 90.0 Å². The molecule has 11 heteroatoms. The van der Waals surface area contributed by atoms with Gasteiger partial charge in [0.1, 0.15) is 23.5 Å². The van der Waals surface area contributed by atoms with Gasteiger partial charge in [0.15, 0.2) is 0 Å². The number of rotatable bonds is 11. The summed E-state index contributed by atoms with van der Waals surface area (Å²) in [5, 5.41) is 26.6. The number of carboxylic acids is 2. The van der Waals surface area contributed by atoms with Crippen molar-refractivity contribution in [2.24, 2.45) is 5.92 Å². The highest BCUT2D eigenvalue weighted by Gasteiger charge is 2.30. The summed E-state index contributed by atoms with van der Waals surface area (Å²) in [7, 11) is 1.67. The molecule has 2 atom stereocenters. The Bertz CT molecular complexity index is 1400. The van der Waals surface area contributed by atoms with Crippen LogP contribution in [-0.2, 0) is 20.7 Å². The van der Waals surface area contributed by atoms with Crippen LogP contribution in [0.5, 0.6) is 5.75 Å². The van der Waals surface area contributed by atoms with E-state index in [1.165, 1.54) is 29.8 Å². The molecule has 0 amide bonds. The Kier molecular flexibility index (Phi) is 12.8. The quantitative estimate of drug-likeness (QED) is 0.257. The van der Waals surface area contributed by atoms with E-state index < -0.39 is 18.0 Å². The minimum absolute atomic E-state index is 0.234. The molecule has 246 valence electrons. The molecule has 1 saturated heterocycles. The third-order valence-corrected chi connectivity index (χ3v) is 8.26. The van der Waals surface area contributed by atoms with Crippen LogP contribution in [0.3, 0.4) is 0 Å². The summed E-state index contributed by atoms with van der Waals surface area (Å²) in [4.78, 5) is 24.0. The molecule has 0 aromatic heterocycles. The molecule has 1 aliphatic heterocycles. The van der Waals surface area contributed by atoms with Crippen molar-refractivity contribution in [3.63, 3.8) is 0 Å². The maximum Gasteiger partial charge on any atom is 0.328 e. The number of aliphatic hydroxyl groups is 1. The molecule has 0 bridgehead atoms. The van der Waals surface area contributed by atoms with Crippen LogP contribution in [0.2, 0.25) is 0 Å². The molecular formula is C35H40F2N2O7. The van der Waals surface area contributed by atoms with Crippen molar-refractivity contribution in [2.45, 2.75) is 25.0 Å². The number of aryl methyl sites for hydroxylation is 1. The molecule has 3 aromatic carbocycles. The Balaban J connectivity index is 0.000000533. The largest absolute Gasteiger partial charge is 0.497 e. The molecule has 0 radical (unpaired) electrons. The van der Waals surface area contributed by atoms with Crippen molar-refractivity contribution in [2.75, 3.05) is 53.0 Å². The van der Waals surface area contributed by atoms with E-state index in [0.717, 1.165) is 74.6 Å². The number of hydrogen-bond donors (Lipinski definition) is 3. The van der Waals surface area contributed by atoms with Gasteiger partial charge in [0.05, 0.1) is 19.8 Å². The van der Waals surface area contributed by atoms with Crippen molar-refractivity contribution in [3.05, 3.63) is 113 Å². The second-order valence-electron chi connectivity index (χ2n) is 11.3. The fourth-order valence-electron chi connectivity index (χ4n) is 5.79. The van der Waals surface area contributed by atoms with Crippen LogP contribution in [0, 0.1) is 17.6 Å². The van der Waals surface area contributed by atoms with Crippen LogP contribution < -0.4 is 4.74 Å². The van der Waals surface area contributed by atoms with E-state index in [1.54, 1.807) is 31.4 Å². The van der Waals surface area contributed by atoms with Gasteiger partial charge in [-0.2, -0.15) is 0 Å². The second kappa shape index (κ2) is 17.0. The van der Waals surface area contributed by atoms with Gasteiger partial charge in [0, 0.05) is 57.3 Å². The van der Waals surface area contributed by atoms with E-state index >= 15 is 0 Å². The Morgan fingerprint density at radius 3 is 1.93 bits per heavy atom. The highest BCUT2D eigenvalue weighted by atomic mass is 19.1. The number of aliphatic hydroxyl groups excluding tert-OH is 1. The number of carboxylic acid groups (broad SMARTS) is 2. The Morgan fingerprint density at radius 2 is 1.41 bits per heavy atom. The molecule has 0 spiro atoms. The molecule has 1 aliphatic carbocycles. The fraction of sp³-hybridized carbons (Fsp3) is 0.371. The lowest BCUT2D eigenvalue weighted by Gasteiger charge is -2.39. The minimum Gasteiger partial charge on any atom is -0.497 e. The maximum atomic E-state index is 13.5. The SMILES string of the molecule is COc1ccc2c(c1)CCC(CN1CCN(CCOC(c3ccc(F)cc3)c3ccc(F)cc3)CC1)C2O.O=C(O)/C=C\C(=O)O. The lowest BCUT2D eigenvalue weighted by molar-refractivity contribution is -0.134. The van der Waals surface area contributed by atoms with Crippen molar-refractivity contribution in [1.82, 2.24) is 9.80 Å². The van der Waals surface area contributed by atoms with Crippen molar-refractivity contribution in [1.29, 1.82) is 0 Å². The monoisotopic (exact) mass is 638 g/mol. The summed E-state index contributed by atoms with van der Waals surface area (Å²) in [5.74, 6) is -2.03. The summed E-state index contributed by atoms with van der Waals surface area (Å²) in [6.45, 7) is 5.99. The number of aliphatic carboxylic acids is 2. The number of methoxy groups -OCH3 is 1. The van der Waals surface area contributed by atoms with E-state index in [1.807, 2.05) is 18.2 Å². The number of nitrogens with zero attached hydrogens (tertiary/aromatic N) is 2. The summed E-state index contributed by atoms with van der Waals surface area (Å²) < 4.78 is 38.6. The van der Waals surface area contributed by atoms with Crippen LogP contribution in [0.1, 0.15) is 40.9 Å². The lowest BCUT2D eigenvalue weighted by atomic mass is 9.81. The Morgan fingerprint density at radius 1 is 0.870 bits per heavy atom. The zero-order valence-corrected chi connectivity index (χ0v) is 25.7. The minimum atomic E-state index is -1.26. The zero-order chi connectivity index (χ0) is 33.1. The fourth-order valence-corrected chi connectivity index (χ4v) is 5.79. The van der Waals surface area contributed by atoms with Crippen molar-refractivity contribution >= 4 is 11.9 Å². The van der Waals surface area contributed by atoms with Crippen LogP contribution in [0.25, 0.3) is 0 Å². The Labute approximate surface area is 267 Å². The van der Waals surface area contributed by atoms with Gasteiger partial charge in [-0.25, -0.2) is 18.4 Å². The number of carbonyl (C=O) groups is 2. The van der Waals surface area contributed by atoms with E-state index in [2.05, 4.69) is 9.80 Å². The summed E-state index contributed by atoms with van der Waals surface area (Å²) in [5.41, 5.74) is 3.91. The first-order valence-corrected chi connectivity index (χ1v) is 15.2. The van der Waals surface area contributed by atoms with Crippen molar-refractivity contribution < 1.29 is 43.2 Å². The number of halogens is 2. The van der Waals surface area contributed by atoms with Crippen LogP contribution >= 0.6 is 0 Å². The number of piperazine rings is 1. The predicted octanol–water partition coefficient (Wildman–Crippen LogP) is 4.70. The number of ether oxygens (including phenoxy) is 2. The molecular weight excluding hydrogens is 598 g/mol. The lowest BCUT2D eigenvalue weighted by Crippen LogP contribution is -2.49. The first kappa shape index (κ1) is 34.7. The molecule has 1 fully saturated rings. The van der Waals surface area contributed by atoms with Gasteiger partial charge in [-0.1, -0.05) is 30.3 Å². The van der Waals surface area contributed by atoms with Gasteiger partial charge in [0.25, 0.3) is 0 Å². The van der Waals surface area contributed by atoms with Crippen molar-refractivity contribution in [3.8, 4) is 5.75 Å². The average molecular weight is 639 g/mol. The highest BCUT2D eigenvalue weighted by molar-refractivity contribution is 5.89. The zero-order valence-electron chi connectivity index (χ0n) is 25.7. The highest BCUT2D eigenvalue weighted by Crippen LogP contribution is 2.36. The second-order valence-corrected chi connectivity index (χ2v) is 11.3. The molecule has 5 rings (SSSR count). The Hall–Kier alpha value is -4.16. The number of hydrogen-bond acceptors (Lipinski definition) is 7. The summed E-state index contributed by atoms with van der Waals surface area (Å²) in [6.07, 6.45) is 2.24. The van der Waals surface area contributed by atoms with Gasteiger partial charge < -0.3 is 29.7 Å². The third kappa shape index (κ3) is 10.2. The summed E-state index contributed by atoms with van der Waals surface area (Å²) >= 11 is 0. The van der Waals surface area contributed by atoms with Gasteiger partial charge in [0.2, 0.25) is 0 Å². The standard InChI is InChI=1S/C31H36F2N2O3.C4H4O4/c1-37-28-12-13-29-24(20-28)2-3-25(30(29)36)21-35-16-14-34(15-17-35)18-19-38-31(22-4-8-26(32)9-5-22)23-6-10-27(33)11-7-23;5-3(6)1-2-4(7)8/h4-13,20,25,30-31,36H,2-3,14-19,21H2,1H3;1-2H,(H,5,6)(H,7,8)/b;2-1-.